The Morgan fingerprint density at radius 2 is 1.93 bits per heavy atom. The number of aryl methyl sites for hydroxylation is 2. The topological polar surface area (TPSA) is 51.2 Å². The number of rotatable bonds is 6. The van der Waals surface area contributed by atoms with Crippen molar-refractivity contribution in [1.29, 1.82) is 0 Å². The van der Waals surface area contributed by atoms with Gasteiger partial charge in [0.2, 0.25) is 5.91 Å². The minimum Gasteiger partial charge on any atom is -0.494 e. The minimum absolute atomic E-state index is 0.00335. The maximum Gasteiger partial charge on any atom is 0.237 e. The van der Waals surface area contributed by atoms with Gasteiger partial charge in [-0.1, -0.05) is 49.0 Å². The van der Waals surface area contributed by atoms with Crippen LogP contribution in [0.25, 0.3) is 10.9 Å². The number of thioether (sulfide) groups is 1. The highest BCUT2D eigenvalue weighted by Crippen LogP contribution is 2.32. The predicted octanol–water partition coefficient (Wildman–Crippen LogP) is 5.37. The summed E-state index contributed by atoms with van der Waals surface area (Å²) in [4.78, 5) is 17.5. The molecule has 1 heterocycles. The molecular formula is C22H24N2O2S. The third kappa shape index (κ3) is 4.25. The van der Waals surface area contributed by atoms with Crippen molar-refractivity contribution in [3.63, 3.8) is 0 Å². The molecule has 0 bridgehead atoms. The first-order valence-electron chi connectivity index (χ1n) is 9.01. The van der Waals surface area contributed by atoms with Crippen molar-refractivity contribution in [1.82, 2.24) is 4.98 Å². The molecular weight excluding hydrogens is 356 g/mol. The first-order valence-corrected chi connectivity index (χ1v) is 9.89. The largest absolute Gasteiger partial charge is 0.494 e. The molecule has 1 aromatic heterocycles. The molecule has 0 aliphatic heterocycles. The first-order chi connectivity index (χ1) is 13.0. The van der Waals surface area contributed by atoms with E-state index in [4.69, 9.17) is 9.72 Å². The molecule has 1 amide bonds. The average Bonchev–Trinajstić information content (AvgIpc) is 2.67. The van der Waals surface area contributed by atoms with E-state index in [-0.39, 0.29) is 11.2 Å². The quantitative estimate of drug-likeness (QED) is 0.584. The Kier molecular flexibility index (Phi) is 6.01. The summed E-state index contributed by atoms with van der Waals surface area (Å²) in [6, 6.07) is 15.8. The number of amides is 1. The highest BCUT2D eigenvalue weighted by molar-refractivity contribution is 8.00. The molecule has 0 saturated heterocycles. The summed E-state index contributed by atoms with van der Waals surface area (Å²) in [6.45, 7) is 6.07. The zero-order chi connectivity index (χ0) is 19.4. The lowest BCUT2D eigenvalue weighted by Crippen LogP contribution is -2.25. The molecule has 3 aromatic rings. The van der Waals surface area contributed by atoms with Gasteiger partial charge in [0.1, 0.15) is 11.3 Å². The van der Waals surface area contributed by atoms with E-state index >= 15 is 0 Å². The maximum absolute atomic E-state index is 12.8. The predicted molar refractivity (Wildman–Crippen MR) is 113 cm³/mol. The molecule has 2 aromatic carbocycles. The molecule has 4 nitrogen and oxygen atoms in total. The van der Waals surface area contributed by atoms with Gasteiger partial charge in [-0.2, -0.15) is 0 Å². The van der Waals surface area contributed by atoms with Crippen LogP contribution >= 0.6 is 11.8 Å². The van der Waals surface area contributed by atoms with E-state index in [1.807, 2.05) is 62.4 Å². The van der Waals surface area contributed by atoms with Crippen LogP contribution in [0.3, 0.4) is 0 Å². The van der Waals surface area contributed by atoms with Gasteiger partial charge in [-0.15, -0.1) is 0 Å². The van der Waals surface area contributed by atoms with E-state index in [9.17, 15) is 4.79 Å². The van der Waals surface area contributed by atoms with Gasteiger partial charge in [-0.05, 0) is 49.6 Å². The van der Waals surface area contributed by atoms with Crippen LogP contribution in [0.4, 0.5) is 5.69 Å². The van der Waals surface area contributed by atoms with E-state index in [1.54, 1.807) is 7.11 Å². The molecule has 1 N–H and O–H groups in total. The molecule has 0 radical (unpaired) electrons. The number of para-hydroxylation sites is 2. The van der Waals surface area contributed by atoms with Crippen LogP contribution in [0.1, 0.15) is 24.5 Å². The number of carbonyl (C=O) groups is 1. The van der Waals surface area contributed by atoms with Crippen molar-refractivity contribution in [2.45, 2.75) is 37.5 Å². The third-order valence-corrected chi connectivity index (χ3v) is 5.82. The number of nitrogens with zero attached hydrogens (tertiary/aromatic N) is 1. The molecule has 140 valence electrons. The lowest BCUT2D eigenvalue weighted by atomic mass is 10.1. The van der Waals surface area contributed by atoms with E-state index in [0.717, 1.165) is 38.5 Å². The summed E-state index contributed by atoms with van der Waals surface area (Å²) >= 11 is 1.49. The van der Waals surface area contributed by atoms with Crippen LogP contribution in [0.5, 0.6) is 5.75 Å². The summed E-state index contributed by atoms with van der Waals surface area (Å²) in [5.41, 5.74) is 3.85. The fraction of sp³-hybridized carbons (Fsp3) is 0.273. The first kappa shape index (κ1) is 19.2. The molecule has 0 aliphatic carbocycles. The third-order valence-electron chi connectivity index (χ3n) is 4.53. The standard InChI is InChI=1S/C22H24N2O2S/c1-5-19(22(25)23-17-11-7-6-9-14(17)2)27-20-13-15(3)16-10-8-12-18(26-4)21(16)24-20/h6-13,19H,5H2,1-4H3,(H,23,25). The Morgan fingerprint density at radius 1 is 1.15 bits per heavy atom. The highest BCUT2D eigenvalue weighted by Gasteiger charge is 2.20. The van der Waals surface area contributed by atoms with E-state index in [0.29, 0.717) is 6.42 Å². The molecule has 0 spiro atoms. The number of ether oxygens (including phenoxy) is 1. The number of methoxy groups -OCH3 is 1. The maximum atomic E-state index is 12.8. The molecule has 5 heteroatoms. The van der Waals surface area contributed by atoms with Crippen LogP contribution in [0.15, 0.2) is 53.6 Å². The molecule has 0 saturated carbocycles. The van der Waals surface area contributed by atoms with Gasteiger partial charge in [-0.25, -0.2) is 4.98 Å². The van der Waals surface area contributed by atoms with Crippen LogP contribution in [0, 0.1) is 13.8 Å². The van der Waals surface area contributed by atoms with Crippen molar-refractivity contribution >= 4 is 34.3 Å². The number of pyridine rings is 1. The monoisotopic (exact) mass is 380 g/mol. The van der Waals surface area contributed by atoms with Gasteiger partial charge < -0.3 is 10.1 Å². The van der Waals surface area contributed by atoms with Gasteiger partial charge in [0.05, 0.1) is 17.4 Å². The molecule has 1 unspecified atom stereocenters. The second kappa shape index (κ2) is 8.44. The smallest absolute Gasteiger partial charge is 0.237 e. The summed E-state index contributed by atoms with van der Waals surface area (Å²) < 4.78 is 5.46. The molecule has 1 atom stereocenters. The normalized spacial score (nSPS) is 12.0. The van der Waals surface area contributed by atoms with Crippen molar-refractivity contribution in [2.75, 3.05) is 12.4 Å². The molecule has 27 heavy (non-hydrogen) atoms. The zero-order valence-corrected chi connectivity index (χ0v) is 16.9. The Bertz CT molecular complexity index is 972. The number of carbonyl (C=O) groups excluding carboxylic acids is 1. The molecule has 3 rings (SSSR count). The number of aromatic nitrogens is 1. The number of fused-ring (bicyclic) bond motifs is 1. The van der Waals surface area contributed by atoms with E-state index in [1.165, 1.54) is 11.8 Å². The number of benzene rings is 2. The van der Waals surface area contributed by atoms with Crippen LogP contribution in [-0.2, 0) is 4.79 Å². The number of hydrogen-bond acceptors (Lipinski definition) is 4. The summed E-state index contributed by atoms with van der Waals surface area (Å²) in [7, 11) is 1.65. The fourth-order valence-corrected chi connectivity index (χ4v) is 3.99. The average molecular weight is 381 g/mol. The minimum atomic E-state index is -0.219. The van der Waals surface area contributed by atoms with Gasteiger partial charge in [0.15, 0.2) is 0 Å². The second-order valence-corrected chi connectivity index (χ2v) is 7.68. The SMILES string of the molecule is CCC(Sc1cc(C)c2cccc(OC)c2n1)C(=O)Nc1ccccc1C. The van der Waals surface area contributed by atoms with Crippen molar-refractivity contribution < 1.29 is 9.53 Å². The number of hydrogen-bond donors (Lipinski definition) is 1. The fourth-order valence-electron chi connectivity index (χ4n) is 2.98. The van der Waals surface area contributed by atoms with E-state index < -0.39 is 0 Å². The summed E-state index contributed by atoms with van der Waals surface area (Å²) in [5.74, 6) is 0.742. The number of nitrogens with one attached hydrogen (secondary N) is 1. The Labute approximate surface area is 164 Å². The Hall–Kier alpha value is -2.53. The van der Waals surface area contributed by atoms with Gasteiger partial charge in [0.25, 0.3) is 0 Å². The van der Waals surface area contributed by atoms with Crippen molar-refractivity contribution in [2.24, 2.45) is 0 Å². The number of anilines is 1. The Balaban J connectivity index is 1.86. The Morgan fingerprint density at radius 3 is 2.63 bits per heavy atom. The summed E-state index contributed by atoms with van der Waals surface area (Å²) in [5, 5.41) is 4.72. The van der Waals surface area contributed by atoms with Crippen molar-refractivity contribution in [3.8, 4) is 5.75 Å². The lowest BCUT2D eigenvalue weighted by molar-refractivity contribution is -0.115. The van der Waals surface area contributed by atoms with Gasteiger partial charge in [-0.3, -0.25) is 4.79 Å². The van der Waals surface area contributed by atoms with Crippen LogP contribution < -0.4 is 10.1 Å². The highest BCUT2D eigenvalue weighted by atomic mass is 32.2. The lowest BCUT2D eigenvalue weighted by Gasteiger charge is -2.16. The molecule has 0 aliphatic rings. The van der Waals surface area contributed by atoms with E-state index in [2.05, 4.69) is 12.2 Å². The van der Waals surface area contributed by atoms with Gasteiger partial charge in [0, 0.05) is 11.1 Å². The zero-order valence-electron chi connectivity index (χ0n) is 16.1. The van der Waals surface area contributed by atoms with Gasteiger partial charge >= 0.3 is 0 Å². The molecule has 0 fully saturated rings. The van der Waals surface area contributed by atoms with Crippen molar-refractivity contribution in [3.05, 3.63) is 59.7 Å². The van der Waals surface area contributed by atoms with Crippen LogP contribution in [-0.4, -0.2) is 23.3 Å². The summed E-state index contributed by atoms with van der Waals surface area (Å²) in [6.07, 6.45) is 0.715. The van der Waals surface area contributed by atoms with Crippen LogP contribution in [0.2, 0.25) is 0 Å². The second-order valence-electron chi connectivity index (χ2n) is 6.45.